The van der Waals surface area contributed by atoms with Crippen molar-refractivity contribution in [3.63, 3.8) is 0 Å². The summed E-state index contributed by atoms with van der Waals surface area (Å²) in [6.07, 6.45) is 3.04. The largest absolute Gasteiger partial charge is 0.346 e. The summed E-state index contributed by atoms with van der Waals surface area (Å²) in [4.78, 5) is 21.0. The number of thioether (sulfide) groups is 1. The van der Waals surface area contributed by atoms with Gasteiger partial charge in [-0.3, -0.25) is 4.79 Å². The van der Waals surface area contributed by atoms with E-state index in [2.05, 4.69) is 33.5 Å². The second-order valence-corrected chi connectivity index (χ2v) is 7.25. The van der Waals surface area contributed by atoms with Gasteiger partial charge < -0.3 is 5.32 Å². The van der Waals surface area contributed by atoms with Gasteiger partial charge in [-0.15, -0.1) is 0 Å². The summed E-state index contributed by atoms with van der Waals surface area (Å²) in [5, 5.41) is 13.1. The molecule has 0 saturated heterocycles. The van der Waals surface area contributed by atoms with Crippen molar-refractivity contribution < 1.29 is 4.79 Å². The molecule has 0 spiro atoms. The molecule has 1 aromatic heterocycles. The molecule has 1 aliphatic rings. The second-order valence-electron chi connectivity index (χ2n) is 6.29. The van der Waals surface area contributed by atoms with Gasteiger partial charge in [-0.1, -0.05) is 42.1 Å². The molecule has 1 N–H and O–H groups in total. The minimum atomic E-state index is -0.242. The van der Waals surface area contributed by atoms with Crippen molar-refractivity contribution in [2.75, 3.05) is 5.75 Å². The van der Waals surface area contributed by atoms with Crippen molar-refractivity contribution in [1.82, 2.24) is 15.3 Å². The summed E-state index contributed by atoms with van der Waals surface area (Å²) in [6, 6.07) is 12.3. The van der Waals surface area contributed by atoms with E-state index < -0.39 is 0 Å². The average molecular weight is 352 g/mol. The van der Waals surface area contributed by atoms with Crippen molar-refractivity contribution in [1.29, 1.82) is 5.26 Å². The van der Waals surface area contributed by atoms with Crippen LogP contribution in [0, 0.1) is 25.2 Å². The number of benzene rings is 1. The van der Waals surface area contributed by atoms with E-state index in [1.165, 1.54) is 11.8 Å². The molecule has 0 radical (unpaired) electrons. The lowest BCUT2D eigenvalue weighted by atomic mass is 9.72. The fourth-order valence-electron chi connectivity index (χ4n) is 3.12. The predicted molar refractivity (Wildman–Crippen MR) is 97.1 cm³/mol. The highest BCUT2D eigenvalue weighted by molar-refractivity contribution is 8.00. The van der Waals surface area contributed by atoms with Crippen LogP contribution in [0.4, 0.5) is 0 Å². The summed E-state index contributed by atoms with van der Waals surface area (Å²) < 4.78 is 0. The summed E-state index contributed by atoms with van der Waals surface area (Å²) in [5.74, 6) is 0.810. The molecular formula is C19H20N4OS. The van der Waals surface area contributed by atoms with Gasteiger partial charge in [0.25, 0.3) is 0 Å². The Kier molecular flexibility index (Phi) is 5.05. The van der Waals surface area contributed by atoms with Crippen LogP contribution < -0.4 is 5.32 Å². The first kappa shape index (κ1) is 17.4. The molecule has 1 aliphatic carbocycles. The molecule has 6 heteroatoms. The van der Waals surface area contributed by atoms with Gasteiger partial charge in [0.05, 0.1) is 17.0 Å². The number of amides is 1. The number of aromatic nitrogens is 2. The highest BCUT2D eigenvalue weighted by Crippen LogP contribution is 2.41. The van der Waals surface area contributed by atoms with Crippen LogP contribution in [0.15, 0.2) is 35.4 Å². The number of hydrogen-bond donors (Lipinski definition) is 1. The first-order chi connectivity index (χ1) is 12.0. The molecule has 0 aliphatic heterocycles. The molecule has 25 heavy (non-hydrogen) atoms. The predicted octanol–water partition coefficient (Wildman–Crippen LogP) is 3.25. The molecule has 1 amide bonds. The summed E-state index contributed by atoms with van der Waals surface area (Å²) in [5.41, 5.74) is 2.02. The Bertz CT molecular complexity index is 825. The molecule has 3 rings (SSSR count). The lowest BCUT2D eigenvalue weighted by Gasteiger charge is -2.43. The number of nitrogens with one attached hydrogen (secondary N) is 1. The molecule has 2 aromatic rings. The van der Waals surface area contributed by atoms with E-state index in [1.54, 1.807) is 13.8 Å². The first-order valence-electron chi connectivity index (χ1n) is 8.29. The third kappa shape index (κ3) is 3.67. The number of nitrogens with zero attached hydrogens (tertiary/aromatic N) is 3. The van der Waals surface area contributed by atoms with E-state index in [0.717, 1.165) is 24.8 Å². The van der Waals surface area contributed by atoms with Crippen molar-refractivity contribution in [3.8, 4) is 6.07 Å². The Hall–Kier alpha value is -2.39. The van der Waals surface area contributed by atoms with Crippen molar-refractivity contribution >= 4 is 17.7 Å². The molecule has 5 nitrogen and oxygen atoms in total. The maximum Gasteiger partial charge on any atom is 0.231 e. The lowest BCUT2D eigenvalue weighted by Crippen LogP contribution is -2.51. The normalized spacial score (nSPS) is 15.1. The first-order valence-corrected chi connectivity index (χ1v) is 9.27. The molecule has 0 bridgehead atoms. The summed E-state index contributed by atoms with van der Waals surface area (Å²) in [7, 11) is 0. The number of carbonyl (C=O) groups is 1. The molecule has 0 unspecified atom stereocenters. The van der Waals surface area contributed by atoms with Gasteiger partial charge in [0.15, 0.2) is 0 Å². The van der Waals surface area contributed by atoms with Gasteiger partial charge in [-0.2, -0.15) is 5.26 Å². The van der Waals surface area contributed by atoms with Crippen LogP contribution in [0.1, 0.15) is 41.9 Å². The van der Waals surface area contributed by atoms with Gasteiger partial charge in [0.1, 0.15) is 22.5 Å². The second kappa shape index (κ2) is 7.24. The highest BCUT2D eigenvalue weighted by atomic mass is 32.2. The monoisotopic (exact) mass is 352 g/mol. The van der Waals surface area contributed by atoms with E-state index in [-0.39, 0.29) is 17.2 Å². The smallest absolute Gasteiger partial charge is 0.231 e. The number of hydrogen-bond acceptors (Lipinski definition) is 5. The zero-order valence-electron chi connectivity index (χ0n) is 14.4. The topological polar surface area (TPSA) is 78.7 Å². The third-order valence-electron chi connectivity index (χ3n) is 4.53. The lowest BCUT2D eigenvalue weighted by molar-refractivity contribution is -0.121. The van der Waals surface area contributed by atoms with Gasteiger partial charge >= 0.3 is 0 Å². The molecule has 128 valence electrons. The number of carbonyl (C=O) groups excluding carboxylic acids is 1. The molecule has 0 atom stereocenters. The summed E-state index contributed by atoms with van der Waals surface area (Å²) >= 11 is 1.29. The van der Waals surface area contributed by atoms with Crippen LogP contribution in [0.25, 0.3) is 0 Å². The Morgan fingerprint density at radius 1 is 1.28 bits per heavy atom. The molecule has 1 saturated carbocycles. The Morgan fingerprint density at radius 2 is 2.00 bits per heavy atom. The van der Waals surface area contributed by atoms with Gasteiger partial charge in [-0.05, 0) is 38.7 Å². The van der Waals surface area contributed by atoms with Gasteiger partial charge in [0, 0.05) is 0 Å². The van der Waals surface area contributed by atoms with Gasteiger partial charge in [0.2, 0.25) is 5.91 Å². The fraction of sp³-hybridized carbons (Fsp3) is 0.368. The SMILES string of the molecule is Cc1nc(C)c(C#N)c(SCC(=O)NC2(c3ccccc3)CCC2)n1. The molecule has 1 fully saturated rings. The Labute approximate surface area is 151 Å². The van der Waals surface area contributed by atoms with Crippen molar-refractivity contribution in [3.05, 3.63) is 53.0 Å². The standard InChI is InChI=1S/C19H20N4OS/c1-13-16(11-20)18(22-14(2)21-13)25-12-17(24)23-19(9-6-10-19)15-7-4-3-5-8-15/h3-5,7-8H,6,9-10,12H2,1-2H3,(H,23,24). The molecular weight excluding hydrogens is 332 g/mol. The molecule has 1 heterocycles. The van der Waals surface area contributed by atoms with Crippen LogP contribution in [0.2, 0.25) is 0 Å². The van der Waals surface area contributed by atoms with Crippen molar-refractivity contribution in [2.45, 2.75) is 43.7 Å². The minimum absolute atomic E-state index is 0.0358. The van der Waals surface area contributed by atoms with Gasteiger partial charge in [-0.25, -0.2) is 9.97 Å². The number of nitriles is 1. The van der Waals surface area contributed by atoms with Crippen LogP contribution in [-0.4, -0.2) is 21.6 Å². The maximum absolute atomic E-state index is 12.5. The zero-order valence-corrected chi connectivity index (χ0v) is 15.2. The van der Waals surface area contributed by atoms with Crippen LogP contribution in [0.3, 0.4) is 0 Å². The van der Waals surface area contributed by atoms with E-state index in [0.29, 0.717) is 22.1 Å². The number of rotatable bonds is 5. The Balaban J connectivity index is 1.69. The van der Waals surface area contributed by atoms with Crippen LogP contribution in [-0.2, 0) is 10.3 Å². The van der Waals surface area contributed by atoms with E-state index >= 15 is 0 Å². The van der Waals surface area contributed by atoms with Crippen molar-refractivity contribution in [2.24, 2.45) is 0 Å². The maximum atomic E-state index is 12.5. The average Bonchev–Trinajstić information content (AvgIpc) is 2.56. The fourth-order valence-corrected chi connectivity index (χ4v) is 4.00. The molecule has 1 aromatic carbocycles. The van der Waals surface area contributed by atoms with E-state index in [9.17, 15) is 10.1 Å². The van der Waals surface area contributed by atoms with E-state index in [1.807, 2.05) is 18.2 Å². The zero-order chi connectivity index (χ0) is 17.9. The summed E-state index contributed by atoms with van der Waals surface area (Å²) in [6.45, 7) is 3.58. The third-order valence-corrected chi connectivity index (χ3v) is 5.51. The highest BCUT2D eigenvalue weighted by Gasteiger charge is 2.39. The van der Waals surface area contributed by atoms with E-state index in [4.69, 9.17) is 0 Å². The quantitative estimate of drug-likeness (QED) is 0.660. The van der Waals surface area contributed by atoms with Crippen LogP contribution >= 0.6 is 11.8 Å². The minimum Gasteiger partial charge on any atom is -0.346 e. The number of aryl methyl sites for hydroxylation is 2. The van der Waals surface area contributed by atoms with Crippen LogP contribution in [0.5, 0.6) is 0 Å². The Morgan fingerprint density at radius 3 is 2.60 bits per heavy atom.